The first-order chi connectivity index (χ1) is 31.3. The number of hydrogen-bond donors (Lipinski definition) is 3. The molecule has 0 radical (unpaired) electrons. The molecule has 4 N–H and O–H groups in total. The molecule has 0 unspecified atom stereocenters. The number of hydrogen-bond acceptors (Lipinski definition) is 11. The van der Waals surface area contributed by atoms with E-state index in [9.17, 15) is 44.8 Å². The third kappa shape index (κ3) is 11.1. The zero-order valence-electron chi connectivity index (χ0n) is 36.3. The second-order valence-corrected chi connectivity index (χ2v) is 19.1. The first-order valence-electron chi connectivity index (χ1n) is 20.7. The molecule has 0 bridgehead atoms. The summed E-state index contributed by atoms with van der Waals surface area (Å²) >= 11 is 0. The number of rotatable bonds is 9. The van der Waals surface area contributed by atoms with Gasteiger partial charge in [0.25, 0.3) is 21.1 Å². The Hall–Kier alpha value is -6.99. The van der Waals surface area contributed by atoms with Crippen molar-refractivity contribution in [2.24, 2.45) is 10.1 Å². The van der Waals surface area contributed by atoms with E-state index in [1.165, 1.54) is 45.8 Å². The van der Waals surface area contributed by atoms with Crippen molar-refractivity contribution in [1.82, 2.24) is 23.8 Å². The summed E-state index contributed by atoms with van der Waals surface area (Å²) < 4.78 is 81.0. The molecule has 2 aromatic carbocycles. The fourth-order valence-corrected chi connectivity index (χ4v) is 9.12. The summed E-state index contributed by atoms with van der Waals surface area (Å²) in [7, 11) is -7.99. The van der Waals surface area contributed by atoms with E-state index in [1.807, 2.05) is 4.72 Å². The van der Waals surface area contributed by atoms with Crippen molar-refractivity contribution in [3.63, 3.8) is 0 Å². The third-order valence-corrected chi connectivity index (χ3v) is 13.1. The van der Waals surface area contributed by atoms with Crippen molar-refractivity contribution in [3.8, 4) is 22.3 Å². The Labute approximate surface area is 379 Å². The molecule has 0 aliphatic heterocycles. The number of amides is 2. The van der Waals surface area contributed by atoms with Gasteiger partial charge in [0.15, 0.2) is 0 Å². The lowest BCUT2D eigenvalue weighted by Gasteiger charge is -2.18. The predicted molar refractivity (Wildman–Crippen MR) is 244 cm³/mol. The number of nitrogens with zero attached hydrogens (tertiary/aromatic N) is 5. The van der Waals surface area contributed by atoms with Gasteiger partial charge < -0.3 is 14.5 Å². The van der Waals surface area contributed by atoms with E-state index in [2.05, 4.69) is 20.3 Å². The number of aromatic nitrogens is 4. The van der Waals surface area contributed by atoms with Gasteiger partial charge in [0.1, 0.15) is 16.5 Å². The van der Waals surface area contributed by atoms with Crippen LogP contribution in [0.2, 0.25) is 0 Å². The summed E-state index contributed by atoms with van der Waals surface area (Å²) in [4.78, 5) is 58.1. The molecule has 20 heteroatoms. The number of carbonyl (C=O) groups is 1. The molecule has 16 nitrogen and oxygen atoms in total. The van der Waals surface area contributed by atoms with Gasteiger partial charge >= 0.3 is 6.03 Å². The summed E-state index contributed by atoms with van der Waals surface area (Å²) in [6.07, 6.45) is 14.6. The zero-order valence-corrected chi connectivity index (χ0v) is 37.9. The minimum atomic E-state index is -4.26. The summed E-state index contributed by atoms with van der Waals surface area (Å²) in [6.45, 7) is 7.06. The number of aliphatic imine (C=N–C) groups is 1. The molecule has 0 spiro atoms. The highest BCUT2D eigenvalue weighted by molar-refractivity contribution is 7.90. The Balaban J connectivity index is 0.000000183. The Morgan fingerprint density at radius 1 is 0.697 bits per heavy atom. The molecule has 0 saturated carbocycles. The fraction of sp³-hybridized carbons (Fsp3) is 0.261. The van der Waals surface area contributed by atoms with E-state index in [-0.39, 0.29) is 44.6 Å². The Morgan fingerprint density at radius 3 is 1.67 bits per heavy atom. The highest BCUT2D eigenvalue weighted by atomic mass is 32.2. The number of nitrogens with two attached hydrogens (primary N) is 1. The molecular weight excluding hydrogens is 895 g/mol. The number of urea groups is 1. The van der Waals surface area contributed by atoms with Gasteiger partial charge in [-0.3, -0.25) is 19.6 Å². The second kappa shape index (κ2) is 20.5. The summed E-state index contributed by atoms with van der Waals surface area (Å²) in [6, 6.07) is 13.1. The molecule has 6 aromatic rings. The number of sulfonamides is 2. The van der Waals surface area contributed by atoms with Crippen LogP contribution < -0.4 is 26.3 Å². The number of carbonyl (C=O) groups excluding carboxylic acids is 2. The number of primary sulfonamides is 1. The maximum atomic E-state index is 14.7. The largest absolute Gasteiger partial charge is 0.333 e. The van der Waals surface area contributed by atoms with Crippen LogP contribution in [0.3, 0.4) is 0 Å². The van der Waals surface area contributed by atoms with Gasteiger partial charge in [-0.25, -0.2) is 45.1 Å². The van der Waals surface area contributed by atoms with Crippen LogP contribution in [0.15, 0.2) is 122 Å². The van der Waals surface area contributed by atoms with E-state index in [4.69, 9.17) is 5.14 Å². The van der Waals surface area contributed by atoms with Crippen molar-refractivity contribution < 1.29 is 35.2 Å². The van der Waals surface area contributed by atoms with Crippen LogP contribution in [0.1, 0.15) is 74.9 Å². The van der Waals surface area contributed by atoms with Crippen molar-refractivity contribution >= 4 is 43.5 Å². The lowest BCUT2D eigenvalue weighted by molar-refractivity contribution is 0.256. The Bertz CT molecular complexity index is 3190. The molecule has 0 saturated heterocycles. The van der Waals surface area contributed by atoms with E-state index in [0.29, 0.717) is 64.0 Å². The van der Waals surface area contributed by atoms with Crippen molar-refractivity contribution in [2.45, 2.75) is 88.1 Å². The van der Waals surface area contributed by atoms with Gasteiger partial charge in [-0.05, 0) is 148 Å². The zero-order chi connectivity index (χ0) is 47.9. The van der Waals surface area contributed by atoms with Crippen LogP contribution in [0.5, 0.6) is 0 Å². The lowest BCUT2D eigenvalue weighted by atomic mass is 9.97. The number of pyridine rings is 4. The topological polar surface area (TPSA) is 235 Å². The number of benzene rings is 2. The number of nitrogens with one attached hydrogen (secondary N) is 2. The number of fused-ring (bicyclic) bond motifs is 2. The van der Waals surface area contributed by atoms with E-state index in [0.717, 1.165) is 42.5 Å². The molecule has 2 aliphatic rings. The van der Waals surface area contributed by atoms with Crippen molar-refractivity contribution in [3.05, 3.63) is 152 Å². The summed E-state index contributed by atoms with van der Waals surface area (Å²) in [5.41, 5.74) is 5.55. The van der Waals surface area contributed by atoms with Crippen LogP contribution in [0.4, 0.5) is 25.0 Å². The van der Waals surface area contributed by atoms with E-state index in [1.54, 1.807) is 82.8 Å². The maximum absolute atomic E-state index is 14.7. The van der Waals surface area contributed by atoms with Gasteiger partial charge in [0, 0.05) is 72.5 Å². The third-order valence-electron chi connectivity index (χ3n) is 10.8. The van der Waals surface area contributed by atoms with Crippen LogP contribution in [0.25, 0.3) is 22.3 Å². The predicted octanol–water partition coefficient (Wildman–Crippen LogP) is 7.05. The first-order valence-corrected chi connectivity index (χ1v) is 23.7. The Morgan fingerprint density at radius 2 is 1.15 bits per heavy atom. The molecule has 2 amide bonds. The molecule has 4 aromatic heterocycles. The van der Waals surface area contributed by atoms with Crippen LogP contribution in [-0.2, 0) is 50.5 Å². The van der Waals surface area contributed by atoms with Crippen LogP contribution in [0, 0.1) is 11.6 Å². The maximum Gasteiger partial charge on any atom is 0.333 e. The average molecular weight is 941 g/mol. The lowest BCUT2D eigenvalue weighted by Crippen LogP contribution is -2.35. The molecular formula is C46H46F2N8O8S2. The van der Waals surface area contributed by atoms with Crippen molar-refractivity contribution in [1.29, 1.82) is 0 Å². The van der Waals surface area contributed by atoms with Gasteiger partial charge in [0.05, 0.1) is 16.3 Å². The smallest absolute Gasteiger partial charge is 0.312 e. The van der Waals surface area contributed by atoms with Gasteiger partial charge in [-0.15, -0.1) is 0 Å². The minimum Gasteiger partial charge on any atom is -0.312 e. The number of anilines is 1. The van der Waals surface area contributed by atoms with Gasteiger partial charge in [-0.2, -0.15) is 4.99 Å². The summed E-state index contributed by atoms with van der Waals surface area (Å²) in [5, 5.41) is 7.56. The highest BCUT2D eigenvalue weighted by Gasteiger charge is 2.27. The van der Waals surface area contributed by atoms with Crippen molar-refractivity contribution in [2.75, 3.05) is 5.32 Å². The van der Waals surface area contributed by atoms with E-state index >= 15 is 0 Å². The standard InChI is InChI=1S/C23H23FN4O4S.C15H11FN2O.C8H12N2O3S/c1-14(2)28-13-16(6-7-21(28)29)33(31,32)27-23(30)26-22-18-5-3-4-17(18)20(24)12-19(22)15-8-10-25-11-9-15;16-14-8-13(10-4-6-17-7-5-10)15(18-9-19)12-3-1-2-11(12)14;1-6(2)10-5-7(14(9,12)13)3-4-8(10)11/h6-14H,3-5H2,1-2H3,(H2,26,27,30);4-8H,1-3H2;3-6H,1-2H3,(H2,9,12,13). The highest BCUT2D eigenvalue weighted by Crippen LogP contribution is 2.41. The summed E-state index contributed by atoms with van der Waals surface area (Å²) in [5.74, 6) is -0.576. The molecule has 66 heavy (non-hydrogen) atoms. The first kappa shape index (κ1) is 48.5. The van der Waals surface area contributed by atoms with Crippen LogP contribution >= 0.6 is 0 Å². The molecule has 4 heterocycles. The molecule has 8 rings (SSSR count). The fourth-order valence-electron chi connectivity index (χ4n) is 7.69. The molecule has 0 fully saturated rings. The number of halogens is 2. The average Bonchev–Trinajstić information content (AvgIpc) is 3.99. The molecule has 0 atom stereocenters. The van der Waals surface area contributed by atoms with Gasteiger partial charge in [-0.1, -0.05) is 0 Å². The minimum absolute atomic E-state index is 0.0502. The monoisotopic (exact) mass is 940 g/mol. The normalized spacial score (nSPS) is 12.8. The number of isocyanates is 1. The molecule has 2 aliphatic carbocycles. The Kier molecular flexibility index (Phi) is 15.0. The SMILES string of the molecule is CC(C)n1cc(S(=O)(=O)NC(=O)Nc2c(-c3ccncc3)cc(F)c3c2CCC3)ccc1=O.CC(C)n1cc(S(N)(=O)=O)ccc1=O.O=C=Nc1c(-c2ccncc2)cc(F)c2c1CCC2. The van der Waals surface area contributed by atoms with Gasteiger partial charge in [0.2, 0.25) is 16.1 Å². The second-order valence-electron chi connectivity index (χ2n) is 15.8. The molecule has 344 valence electrons. The quantitative estimate of drug-likeness (QED) is 0.0987. The van der Waals surface area contributed by atoms with Crippen LogP contribution in [-0.4, -0.2) is 48.0 Å². The van der Waals surface area contributed by atoms with E-state index < -0.39 is 26.1 Å².